The van der Waals surface area contributed by atoms with Gasteiger partial charge >= 0.3 is 11.9 Å². The summed E-state index contributed by atoms with van der Waals surface area (Å²) in [5, 5.41) is 3.46. The minimum atomic E-state index is -0.930. The number of carbonyl (C=O) groups is 3. The molecule has 0 aliphatic rings. The van der Waals surface area contributed by atoms with Crippen molar-refractivity contribution in [1.82, 2.24) is 20.3 Å². The topological polar surface area (TPSA) is 175 Å². The number of thiophene rings is 1. The van der Waals surface area contributed by atoms with Crippen molar-refractivity contribution in [1.29, 1.82) is 0 Å². The van der Waals surface area contributed by atoms with Crippen LogP contribution in [0, 0.1) is 0 Å². The molecule has 0 aliphatic heterocycles. The van der Waals surface area contributed by atoms with Gasteiger partial charge in [-0.25, -0.2) is 4.79 Å². The van der Waals surface area contributed by atoms with Crippen molar-refractivity contribution in [2.75, 3.05) is 24.7 Å². The first-order valence-electron chi connectivity index (χ1n) is 11.4. The summed E-state index contributed by atoms with van der Waals surface area (Å²) in [7, 11) is 0. The largest absolute Gasteiger partial charge is 0.466 e. The van der Waals surface area contributed by atoms with Gasteiger partial charge in [0.15, 0.2) is 0 Å². The van der Waals surface area contributed by atoms with Crippen LogP contribution in [0.3, 0.4) is 0 Å². The summed E-state index contributed by atoms with van der Waals surface area (Å²) >= 11 is 1.36. The van der Waals surface area contributed by atoms with Gasteiger partial charge in [-0.15, -0.1) is 11.3 Å². The van der Waals surface area contributed by atoms with Gasteiger partial charge in [0.2, 0.25) is 5.95 Å². The molecule has 0 bridgehead atoms. The summed E-state index contributed by atoms with van der Waals surface area (Å²) in [5.74, 6) is -0.925. The Kier molecular flexibility index (Phi) is 9.01. The Morgan fingerprint density at radius 1 is 1.11 bits per heavy atom. The van der Waals surface area contributed by atoms with Crippen LogP contribution < -0.4 is 16.8 Å². The summed E-state index contributed by atoms with van der Waals surface area (Å²) in [6.07, 6.45) is 4.28. The number of esters is 2. The van der Waals surface area contributed by atoms with Crippen LogP contribution in [0.25, 0.3) is 11.0 Å². The number of nitrogen functional groups attached to an aromatic ring is 2. The fourth-order valence-electron chi connectivity index (χ4n) is 3.65. The van der Waals surface area contributed by atoms with E-state index in [1.54, 1.807) is 19.9 Å². The Hall–Kier alpha value is -3.67. The molecule has 3 heterocycles. The SMILES string of the molecule is CCOC(=O)CC[C@H](NC(=O)c1ccc(CCCc2c[nH]c3nc(N)nc(N)c23)s1)C(=O)OCC. The first-order chi connectivity index (χ1) is 16.8. The van der Waals surface area contributed by atoms with Gasteiger partial charge in [-0.05, 0) is 57.2 Å². The number of aromatic amines is 1. The average molecular weight is 503 g/mol. The van der Waals surface area contributed by atoms with Gasteiger partial charge in [-0.2, -0.15) is 9.97 Å². The van der Waals surface area contributed by atoms with Crippen molar-refractivity contribution >= 4 is 52.0 Å². The second-order valence-electron chi connectivity index (χ2n) is 7.75. The predicted molar refractivity (Wildman–Crippen MR) is 133 cm³/mol. The molecule has 3 aromatic rings. The lowest BCUT2D eigenvalue weighted by atomic mass is 10.1. The second kappa shape index (κ2) is 12.2. The molecule has 0 spiro atoms. The molecule has 11 nitrogen and oxygen atoms in total. The highest BCUT2D eigenvalue weighted by atomic mass is 32.1. The number of hydrogen-bond acceptors (Lipinski definition) is 10. The number of hydrogen-bond donors (Lipinski definition) is 4. The van der Waals surface area contributed by atoms with Gasteiger partial charge in [-0.3, -0.25) is 9.59 Å². The van der Waals surface area contributed by atoms with Gasteiger partial charge in [0, 0.05) is 17.5 Å². The minimum absolute atomic E-state index is 0.00325. The first kappa shape index (κ1) is 25.9. The number of amides is 1. The van der Waals surface area contributed by atoms with Gasteiger partial charge in [0.1, 0.15) is 17.5 Å². The van der Waals surface area contributed by atoms with Crippen molar-refractivity contribution in [2.45, 2.75) is 52.0 Å². The van der Waals surface area contributed by atoms with Crippen molar-refractivity contribution in [3.8, 4) is 0 Å². The number of aryl methyl sites for hydroxylation is 2. The molecule has 1 atom stereocenters. The standard InChI is InChI=1S/C23H30N6O5S/c1-3-33-17(30)11-9-15(22(32)34-4-2)27-21(31)16-10-8-14(35-16)7-5-6-13-12-26-20-18(13)19(24)28-23(25)29-20/h8,10,12,15H,3-7,9,11H2,1-2H3,(H,27,31)(H5,24,25,26,28,29)/t15-/m0/s1. The number of fused-ring (bicyclic) bond motifs is 1. The lowest BCUT2D eigenvalue weighted by molar-refractivity contribution is -0.146. The minimum Gasteiger partial charge on any atom is -0.466 e. The molecular weight excluding hydrogens is 472 g/mol. The van der Waals surface area contributed by atoms with Gasteiger partial charge in [0.05, 0.1) is 23.5 Å². The maximum atomic E-state index is 12.8. The zero-order valence-electron chi connectivity index (χ0n) is 19.8. The predicted octanol–water partition coefficient (Wildman–Crippen LogP) is 2.36. The molecule has 0 unspecified atom stereocenters. The van der Waals surface area contributed by atoms with E-state index in [1.807, 2.05) is 12.3 Å². The summed E-state index contributed by atoms with van der Waals surface area (Å²) in [6, 6.07) is 2.69. The van der Waals surface area contributed by atoms with E-state index < -0.39 is 18.0 Å². The van der Waals surface area contributed by atoms with Crippen LogP contribution in [0.1, 0.15) is 53.2 Å². The Morgan fingerprint density at radius 2 is 1.89 bits per heavy atom. The van der Waals surface area contributed by atoms with E-state index >= 15 is 0 Å². The van der Waals surface area contributed by atoms with Crippen LogP contribution >= 0.6 is 11.3 Å². The Bertz CT molecular complexity index is 1190. The molecule has 35 heavy (non-hydrogen) atoms. The number of rotatable bonds is 12. The van der Waals surface area contributed by atoms with E-state index in [4.69, 9.17) is 20.9 Å². The molecule has 0 saturated heterocycles. The molecule has 6 N–H and O–H groups in total. The van der Waals surface area contributed by atoms with Crippen molar-refractivity contribution < 1.29 is 23.9 Å². The highest BCUT2D eigenvalue weighted by molar-refractivity contribution is 7.14. The summed E-state index contributed by atoms with van der Waals surface area (Å²) in [5.41, 5.74) is 13.3. The number of ether oxygens (including phenoxy) is 2. The van der Waals surface area contributed by atoms with E-state index in [-0.39, 0.29) is 37.9 Å². The molecule has 3 rings (SSSR count). The Balaban J connectivity index is 1.57. The molecule has 3 aromatic heterocycles. The van der Waals surface area contributed by atoms with Crippen molar-refractivity contribution in [2.24, 2.45) is 0 Å². The fourth-order valence-corrected chi connectivity index (χ4v) is 4.60. The Morgan fingerprint density at radius 3 is 2.63 bits per heavy atom. The second-order valence-corrected chi connectivity index (χ2v) is 8.91. The van der Waals surface area contributed by atoms with E-state index in [0.717, 1.165) is 35.1 Å². The van der Waals surface area contributed by atoms with E-state index in [9.17, 15) is 14.4 Å². The van der Waals surface area contributed by atoms with Crippen LogP contribution in [-0.2, 0) is 31.9 Å². The lowest BCUT2D eigenvalue weighted by Gasteiger charge is -2.16. The number of nitrogens with two attached hydrogens (primary N) is 2. The molecule has 188 valence electrons. The fraction of sp³-hybridized carbons (Fsp3) is 0.435. The number of H-pyrrole nitrogens is 1. The number of anilines is 2. The van der Waals surface area contributed by atoms with Crippen molar-refractivity contribution in [3.63, 3.8) is 0 Å². The van der Waals surface area contributed by atoms with Gasteiger partial charge in [-0.1, -0.05) is 0 Å². The van der Waals surface area contributed by atoms with Crippen molar-refractivity contribution in [3.05, 3.63) is 33.6 Å². The molecule has 0 aliphatic carbocycles. The van der Waals surface area contributed by atoms with E-state index in [2.05, 4.69) is 20.3 Å². The smallest absolute Gasteiger partial charge is 0.328 e. The quantitative estimate of drug-likeness (QED) is 0.271. The van der Waals surface area contributed by atoms with Crippen LogP contribution in [-0.4, -0.2) is 52.1 Å². The summed E-state index contributed by atoms with van der Waals surface area (Å²) in [4.78, 5) is 49.4. The highest BCUT2D eigenvalue weighted by Gasteiger charge is 2.24. The molecule has 1 amide bonds. The third-order valence-corrected chi connectivity index (χ3v) is 6.38. The molecule has 0 saturated carbocycles. The maximum absolute atomic E-state index is 12.8. The third-order valence-electron chi connectivity index (χ3n) is 5.23. The van der Waals surface area contributed by atoms with Gasteiger partial charge in [0.25, 0.3) is 5.91 Å². The van der Waals surface area contributed by atoms with Gasteiger partial charge < -0.3 is 31.2 Å². The van der Waals surface area contributed by atoms with Crippen LogP contribution in [0.2, 0.25) is 0 Å². The zero-order valence-corrected chi connectivity index (χ0v) is 20.6. The van der Waals surface area contributed by atoms with Crippen LogP contribution in [0.5, 0.6) is 0 Å². The molecular formula is C23H30N6O5S. The summed E-state index contributed by atoms with van der Waals surface area (Å²) in [6.45, 7) is 3.82. The molecule has 0 radical (unpaired) electrons. The summed E-state index contributed by atoms with van der Waals surface area (Å²) < 4.78 is 9.94. The van der Waals surface area contributed by atoms with Crippen LogP contribution in [0.4, 0.5) is 11.8 Å². The average Bonchev–Trinajstić information content (AvgIpc) is 3.44. The normalized spacial score (nSPS) is 11.8. The molecule has 0 fully saturated rings. The maximum Gasteiger partial charge on any atom is 0.328 e. The number of aromatic nitrogens is 3. The van der Waals surface area contributed by atoms with E-state index in [1.165, 1.54) is 11.3 Å². The zero-order chi connectivity index (χ0) is 25.4. The molecule has 0 aromatic carbocycles. The Labute approximate surface area is 206 Å². The third kappa shape index (κ3) is 6.92. The first-order valence-corrected chi connectivity index (χ1v) is 12.2. The number of carbonyl (C=O) groups excluding carboxylic acids is 3. The highest BCUT2D eigenvalue weighted by Crippen LogP contribution is 2.25. The van der Waals surface area contributed by atoms with Crippen LogP contribution in [0.15, 0.2) is 18.3 Å². The monoisotopic (exact) mass is 502 g/mol. The number of nitrogens with one attached hydrogen (secondary N) is 2. The number of nitrogens with zero attached hydrogens (tertiary/aromatic N) is 2. The van der Waals surface area contributed by atoms with E-state index in [0.29, 0.717) is 16.3 Å². The molecule has 12 heteroatoms. The lowest BCUT2D eigenvalue weighted by Crippen LogP contribution is -2.42.